The highest BCUT2D eigenvalue weighted by atomic mass is 16.5. The van der Waals surface area contributed by atoms with Gasteiger partial charge >= 0.3 is 24.1 Å². The van der Waals surface area contributed by atoms with E-state index in [9.17, 15) is 29.1 Å². The molecule has 1 heterocycles. The number of carbonyl (C=O) groups excluding carboxylic acids is 4. The number of imide groups is 1. The summed E-state index contributed by atoms with van der Waals surface area (Å²) in [6, 6.07) is 9.48. The molecule has 1 aliphatic rings. The van der Waals surface area contributed by atoms with E-state index >= 15 is 0 Å². The van der Waals surface area contributed by atoms with Crippen LogP contribution in [0.1, 0.15) is 25.0 Å². The SMILES string of the molecule is CC(=O)Oc1cc(OC(C)=O)cc(C2(NC(=O)O)C(=O)N(C)C(=O)N(c3ccc(C)cc3)C2N)c1. The van der Waals surface area contributed by atoms with Gasteiger partial charge in [0.15, 0.2) is 5.54 Å². The molecule has 1 aliphatic heterocycles. The summed E-state index contributed by atoms with van der Waals surface area (Å²) in [5, 5.41) is 11.9. The zero-order valence-corrected chi connectivity index (χ0v) is 19.4. The zero-order chi connectivity index (χ0) is 26.1. The van der Waals surface area contributed by atoms with E-state index in [0.29, 0.717) is 5.69 Å². The second-order valence-electron chi connectivity index (χ2n) is 7.92. The number of carboxylic acid groups (broad SMARTS) is 1. The normalized spacial score (nSPS) is 19.9. The van der Waals surface area contributed by atoms with Crippen molar-refractivity contribution in [3.63, 3.8) is 0 Å². The molecule has 184 valence electrons. The number of amides is 4. The van der Waals surface area contributed by atoms with Gasteiger partial charge in [-0.05, 0) is 36.8 Å². The van der Waals surface area contributed by atoms with Gasteiger partial charge in [-0.1, -0.05) is 17.7 Å². The maximum absolute atomic E-state index is 13.6. The van der Waals surface area contributed by atoms with Crippen molar-refractivity contribution < 1.29 is 38.6 Å². The van der Waals surface area contributed by atoms with Gasteiger partial charge in [0.2, 0.25) is 0 Å². The van der Waals surface area contributed by atoms with Gasteiger partial charge < -0.3 is 25.6 Å². The van der Waals surface area contributed by atoms with E-state index in [1.165, 1.54) is 25.2 Å². The maximum atomic E-state index is 13.6. The molecule has 0 aliphatic carbocycles. The second-order valence-corrected chi connectivity index (χ2v) is 7.92. The fourth-order valence-electron chi connectivity index (χ4n) is 3.84. The monoisotopic (exact) mass is 484 g/mol. The van der Waals surface area contributed by atoms with Crippen LogP contribution in [0, 0.1) is 6.92 Å². The number of nitrogens with zero attached hydrogens (tertiary/aromatic N) is 2. The maximum Gasteiger partial charge on any atom is 0.405 e. The minimum absolute atomic E-state index is 0.121. The number of hydrogen-bond acceptors (Lipinski definition) is 8. The summed E-state index contributed by atoms with van der Waals surface area (Å²) >= 11 is 0. The van der Waals surface area contributed by atoms with Crippen LogP contribution in [0.5, 0.6) is 11.5 Å². The van der Waals surface area contributed by atoms with Crippen LogP contribution in [0.4, 0.5) is 15.3 Å². The van der Waals surface area contributed by atoms with E-state index < -0.39 is 41.7 Å². The fraction of sp³-hybridized carbons (Fsp3) is 0.261. The molecule has 0 radical (unpaired) electrons. The van der Waals surface area contributed by atoms with Gasteiger partial charge in [0.25, 0.3) is 5.91 Å². The van der Waals surface area contributed by atoms with Crippen LogP contribution in [0.3, 0.4) is 0 Å². The first-order chi connectivity index (χ1) is 16.4. The van der Waals surface area contributed by atoms with Gasteiger partial charge in [0.1, 0.15) is 17.7 Å². The van der Waals surface area contributed by atoms with Crippen molar-refractivity contribution in [3.8, 4) is 11.5 Å². The lowest BCUT2D eigenvalue weighted by Crippen LogP contribution is -2.76. The van der Waals surface area contributed by atoms with Crippen LogP contribution in [-0.2, 0) is 19.9 Å². The minimum Gasteiger partial charge on any atom is -0.465 e. The van der Waals surface area contributed by atoms with Gasteiger partial charge in [-0.25, -0.2) is 9.59 Å². The van der Waals surface area contributed by atoms with Gasteiger partial charge in [0.05, 0.1) is 0 Å². The number of nitrogens with one attached hydrogen (secondary N) is 1. The molecule has 1 fully saturated rings. The summed E-state index contributed by atoms with van der Waals surface area (Å²) in [6.07, 6.45) is -3.21. The first kappa shape index (κ1) is 25.2. The molecule has 1 saturated heterocycles. The van der Waals surface area contributed by atoms with E-state index in [0.717, 1.165) is 29.2 Å². The second kappa shape index (κ2) is 9.43. The lowest BCUT2D eigenvalue weighted by Gasteiger charge is -2.49. The number of aryl methyl sites for hydroxylation is 1. The average molecular weight is 484 g/mol. The molecule has 4 N–H and O–H groups in total. The van der Waals surface area contributed by atoms with Crippen LogP contribution < -0.4 is 25.4 Å². The lowest BCUT2D eigenvalue weighted by atomic mass is 9.82. The largest absolute Gasteiger partial charge is 0.465 e. The van der Waals surface area contributed by atoms with E-state index in [1.807, 2.05) is 6.92 Å². The van der Waals surface area contributed by atoms with Gasteiger partial charge in [0, 0.05) is 32.6 Å². The molecular formula is C23H24N4O8. The Morgan fingerprint density at radius 1 is 1.00 bits per heavy atom. The Kier molecular flexibility index (Phi) is 6.78. The number of esters is 2. The smallest absolute Gasteiger partial charge is 0.405 e. The third-order valence-electron chi connectivity index (χ3n) is 5.33. The average Bonchev–Trinajstić information content (AvgIpc) is 2.75. The van der Waals surface area contributed by atoms with Gasteiger partial charge in [-0.3, -0.25) is 24.2 Å². The lowest BCUT2D eigenvalue weighted by molar-refractivity contribution is -0.137. The Labute approximate surface area is 200 Å². The third kappa shape index (κ3) is 4.77. The molecule has 4 amide bonds. The number of carbonyl (C=O) groups is 5. The Morgan fingerprint density at radius 3 is 1.97 bits per heavy atom. The Hall–Kier alpha value is -4.45. The topological polar surface area (TPSA) is 169 Å². The number of ether oxygens (including phenoxy) is 2. The number of likely N-dealkylation sites (N-methyl/N-ethyl adjacent to an activating group) is 1. The van der Waals surface area contributed by atoms with Crippen molar-refractivity contribution in [2.24, 2.45) is 5.73 Å². The van der Waals surface area contributed by atoms with Crippen LogP contribution in [0.25, 0.3) is 0 Å². The van der Waals surface area contributed by atoms with Gasteiger partial charge in [-0.2, -0.15) is 0 Å². The number of rotatable bonds is 5. The van der Waals surface area contributed by atoms with Crippen LogP contribution in [0.15, 0.2) is 42.5 Å². The van der Waals surface area contributed by atoms with Crippen LogP contribution in [-0.4, -0.2) is 53.2 Å². The van der Waals surface area contributed by atoms with E-state index in [1.54, 1.807) is 24.3 Å². The van der Waals surface area contributed by atoms with E-state index in [2.05, 4.69) is 5.32 Å². The van der Waals surface area contributed by atoms with Gasteiger partial charge in [-0.15, -0.1) is 0 Å². The molecule has 0 aromatic heterocycles. The van der Waals surface area contributed by atoms with Crippen molar-refractivity contribution >= 4 is 35.7 Å². The highest BCUT2D eigenvalue weighted by molar-refractivity contribution is 6.11. The first-order valence-corrected chi connectivity index (χ1v) is 10.3. The summed E-state index contributed by atoms with van der Waals surface area (Å²) in [5.74, 6) is -2.71. The number of urea groups is 1. The predicted octanol–water partition coefficient (Wildman–Crippen LogP) is 1.69. The van der Waals surface area contributed by atoms with Crippen molar-refractivity contribution in [1.29, 1.82) is 0 Å². The Bertz CT molecular complexity index is 1180. The van der Waals surface area contributed by atoms with Crippen molar-refractivity contribution in [3.05, 3.63) is 53.6 Å². The molecule has 12 heteroatoms. The molecule has 0 saturated carbocycles. The summed E-state index contributed by atoms with van der Waals surface area (Å²) in [5.41, 5.74) is 5.28. The standard InChI is InChI=1S/C23H24N4O8/c1-12-5-7-16(8-6-12)27-19(24)23(25-21(31)32,20(30)26(4)22(27)33)15-9-17(34-13(2)28)11-18(10-15)35-14(3)29/h5-11,19,25H,24H2,1-4H3,(H,31,32). The number of nitrogens with two attached hydrogens (primary N) is 1. The van der Waals surface area contributed by atoms with E-state index in [4.69, 9.17) is 15.2 Å². The minimum atomic E-state index is -2.27. The molecule has 2 atom stereocenters. The Morgan fingerprint density at radius 2 is 1.51 bits per heavy atom. The summed E-state index contributed by atoms with van der Waals surface area (Å²) in [7, 11) is 1.18. The third-order valence-corrected chi connectivity index (χ3v) is 5.33. The highest BCUT2D eigenvalue weighted by Crippen LogP contribution is 2.39. The molecule has 12 nitrogen and oxygen atoms in total. The molecule has 2 unspecified atom stereocenters. The van der Waals surface area contributed by atoms with Crippen molar-refractivity contribution in [2.75, 3.05) is 11.9 Å². The zero-order valence-electron chi connectivity index (χ0n) is 19.4. The number of anilines is 1. The van der Waals surface area contributed by atoms with E-state index in [-0.39, 0.29) is 17.1 Å². The molecule has 2 aromatic rings. The summed E-state index contributed by atoms with van der Waals surface area (Å²) in [4.78, 5) is 63.6. The molecular weight excluding hydrogens is 460 g/mol. The quantitative estimate of drug-likeness (QED) is 0.422. The van der Waals surface area contributed by atoms with Crippen molar-refractivity contribution in [1.82, 2.24) is 10.2 Å². The fourth-order valence-corrected chi connectivity index (χ4v) is 3.84. The Balaban J connectivity index is 2.30. The summed E-state index contributed by atoms with van der Waals surface area (Å²) in [6.45, 7) is 4.10. The first-order valence-electron chi connectivity index (χ1n) is 10.3. The predicted molar refractivity (Wildman–Crippen MR) is 122 cm³/mol. The molecule has 2 aromatic carbocycles. The molecule has 3 rings (SSSR count). The number of hydrogen-bond donors (Lipinski definition) is 3. The van der Waals surface area contributed by atoms with Crippen LogP contribution >= 0.6 is 0 Å². The number of benzene rings is 2. The summed E-state index contributed by atoms with van der Waals surface area (Å²) < 4.78 is 10.2. The van der Waals surface area contributed by atoms with Crippen LogP contribution in [0.2, 0.25) is 0 Å². The highest BCUT2D eigenvalue weighted by Gasteiger charge is 2.58. The molecule has 35 heavy (non-hydrogen) atoms. The molecule has 0 spiro atoms. The van der Waals surface area contributed by atoms with Crippen molar-refractivity contribution in [2.45, 2.75) is 32.5 Å². The molecule has 0 bridgehead atoms.